The molecule has 2 N–H and O–H groups in total. The number of pyridine rings is 1. The molecule has 0 saturated carbocycles. The molecule has 0 unspecified atom stereocenters. The van der Waals surface area contributed by atoms with Crippen molar-refractivity contribution in [3.05, 3.63) is 70.0 Å². The van der Waals surface area contributed by atoms with E-state index in [1.165, 1.54) is 6.07 Å². The molecule has 0 bridgehead atoms. The molecule has 6 heteroatoms. The number of benzene rings is 2. The van der Waals surface area contributed by atoms with E-state index in [9.17, 15) is 9.65 Å². The SMILES string of the molecule is N#Cc1c(-c2ccccc2F)cc(-c2ccc(Cl)c(Cl)c2)nc1N. The van der Waals surface area contributed by atoms with Crippen molar-refractivity contribution < 1.29 is 4.39 Å². The van der Waals surface area contributed by atoms with Gasteiger partial charge in [0.2, 0.25) is 0 Å². The maximum Gasteiger partial charge on any atom is 0.142 e. The predicted octanol–water partition coefficient (Wildman–Crippen LogP) is 5.32. The van der Waals surface area contributed by atoms with E-state index in [1.807, 2.05) is 6.07 Å². The van der Waals surface area contributed by atoms with Crippen LogP contribution in [-0.4, -0.2) is 4.98 Å². The molecule has 3 rings (SSSR count). The molecule has 0 saturated heterocycles. The molecule has 2 aromatic carbocycles. The van der Waals surface area contributed by atoms with Crippen LogP contribution in [0.2, 0.25) is 10.0 Å². The second-order valence-corrected chi connectivity index (χ2v) is 5.85. The number of aromatic nitrogens is 1. The van der Waals surface area contributed by atoms with Crippen molar-refractivity contribution in [1.29, 1.82) is 5.26 Å². The van der Waals surface area contributed by atoms with Gasteiger partial charge in [0.25, 0.3) is 0 Å². The normalized spacial score (nSPS) is 10.4. The van der Waals surface area contributed by atoms with Crippen LogP contribution in [0, 0.1) is 17.1 Å². The Morgan fingerprint density at radius 3 is 2.42 bits per heavy atom. The maximum absolute atomic E-state index is 14.2. The molecule has 0 fully saturated rings. The molecule has 3 aromatic rings. The largest absolute Gasteiger partial charge is 0.383 e. The standard InChI is InChI=1S/C18H10Cl2FN3/c19-14-6-5-10(7-15(14)20)17-8-12(13(9-22)18(23)24-17)11-3-1-2-4-16(11)21/h1-8H,(H2,23,24). The third-order valence-electron chi connectivity index (χ3n) is 3.54. The van der Waals surface area contributed by atoms with Crippen molar-refractivity contribution in [3.63, 3.8) is 0 Å². The Morgan fingerprint density at radius 2 is 1.75 bits per heavy atom. The third-order valence-corrected chi connectivity index (χ3v) is 4.28. The van der Waals surface area contributed by atoms with E-state index < -0.39 is 5.82 Å². The molecule has 0 atom stereocenters. The summed E-state index contributed by atoms with van der Waals surface area (Å²) in [5.74, 6) is -0.418. The lowest BCUT2D eigenvalue weighted by Gasteiger charge is -2.11. The number of rotatable bonds is 2. The number of nitrogens with two attached hydrogens (primary N) is 1. The molecule has 0 aliphatic heterocycles. The van der Waals surface area contributed by atoms with Crippen LogP contribution in [0.1, 0.15) is 5.56 Å². The highest BCUT2D eigenvalue weighted by atomic mass is 35.5. The van der Waals surface area contributed by atoms with E-state index in [2.05, 4.69) is 4.98 Å². The summed E-state index contributed by atoms with van der Waals surface area (Å²) in [5, 5.41) is 10.1. The lowest BCUT2D eigenvalue weighted by atomic mass is 9.98. The van der Waals surface area contributed by atoms with E-state index in [1.54, 1.807) is 42.5 Å². The van der Waals surface area contributed by atoms with E-state index >= 15 is 0 Å². The van der Waals surface area contributed by atoms with E-state index in [4.69, 9.17) is 28.9 Å². The quantitative estimate of drug-likeness (QED) is 0.675. The van der Waals surface area contributed by atoms with E-state index in [0.29, 0.717) is 26.9 Å². The van der Waals surface area contributed by atoms with Crippen molar-refractivity contribution in [1.82, 2.24) is 4.98 Å². The number of hydrogen-bond donors (Lipinski definition) is 1. The van der Waals surface area contributed by atoms with Gasteiger partial charge in [-0.15, -0.1) is 0 Å². The average Bonchev–Trinajstić information content (AvgIpc) is 2.57. The average molecular weight is 358 g/mol. The summed E-state index contributed by atoms with van der Waals surface area (Å²) in [5.41, 5.74) is 7.84. The van der Waals surface area contributed by atoms with Crippen molar-refractivity contribution in [2.24, 2.45) is 0 Å². The zero-order valence-corrected chi connectivity index (χ0v) is 13.7. The Balaban J connectivity index is 2.26. The molecule has 3 nitrogen and oxygen atoms in total. The van der Waals surface area contributed by atoms with Gasteiger partial charge in [0.05, 0.1) is 15.7 Å². The summed E-state index contributed by atoms with van der Waals surface area (Å²) in [6, 6.07) is 14.8. The fourth-order valence-corrected chi connectivity index (χ4v) is 2.68. The monoisotopic (exact) mass is 357 g/mol. The number of nitrogens with zero attached hydrogens (tertiary/aromatic N) is 2. The van der Waals surface area contributed by atoms with Crippen LogP contribution in [0.15, 0.2) is 48.5 Å². The van der Waals surface area contributed by atoms with Crippen molar-refractivity contribution in [3.8, 4) is 28.5 Å². The van der Waals surface area contributed by atoms with Crippen LogP contribution in [0.25, 0.3) is 22.4 Å². The van der Waals surface area contributed by atoms with Gasteiger partial charge in [-0.25, -0.2) is 9.37 Å². The molecule has 0 aliphatic rings. The first-order valence-electron chi connectivity index (χ1n) is 6.92. The van der Waals surface area contributed by atoms with E-state index in [0.717, 1.165) is 0 Å². The van der Waals surface area contributed by atoms with Crippen LogP contribution < -0.4 is 5.73 Å². The second kappa shape index (κ2) is 6.48. The number of hydrogen-bond acceptors (Lipinski definition) is 3. The van der Waals surface area contributed by atoms with Crippen molar-refractivity contribution >= 4 is 29.0 Å². The second-order valence-electron chi connectivity index (χ2n) is 5.04. The Bertz CT molecular complexity index is 980. The van der Waals surface area contributed by atoms with E-state index in [-0.39, 0.29) is 16.9 Å². The van der Waals surface area contributed by atoms with Gasteiger partial charge in [0.1, 0.15) is 23.3 Å². The topological polar surface area (TPSA) is 62.7 Å². The zero-order valence-electron chi connectivity index (χ0n) is 12.2. The molecule has 1 heterocycles. The summed E-state index contributed by atoms with van der Waals surface area (Å²) in [4.78, 5) is 4.23. The van der Waals surface area contributed by atoms with Gasteiger partial charge in [0.15, 0.2) is 0 Å². The smallest absolute Gasteiger partial charge is 0.142 e. The first kappa shape index (κ1) is 16.3. The highest BCUT2D eigenvalue weighted by Crippen LogP contribution is 2.34. The fourth-order valence-electron chi connectivity index (χ4n) is 2.38. The number of anilines is 1. The minimum Gasteiger partial charge on any atom is -0.383 e. The van der Waals surface area contributed by atoms with Gasteiger partial charge < -0.3 is 5.73 Å². The van der Waals surface area contributed by atoms with Crippen LogP contribution in [0.5, 0.6) is 0 Å². The predicted molar refractivity (Wildman–Crippen MR) is 94.2 cm³/mol. The Morgan fingerprint density at radius 1 is 1.00 bits per heavy atom. The van der Waals surface area contributed by atoms with Crippen LogP contribution in [-0.2, 0) is 0 Å². The molecular weight excluding hydrogens is 348 g/mol. The highest BCUT2D eigenvalue weighted by Gasteiger charge is 2.16. The van der Waals surface area contributed by atoms with Crippen LogP contribution in [0.4, 0.5) is 10.2 Å². The molecule has 118 valence electrons. The lowest BCUT2D eigenvalue weighted by Crippen LogP contribution is -2.00. The molecule has 0 amide bonds. The number of nitrogen functional groups attached to an aromatic ring is 1. The summed E-state index contributed by atoms with van der Waals surface area (Å²) in [7, 11) is 0. The Labute approximate surface area is 148 Å². The maximum atomic E-state index is 14.2. The van der Waals surface area contributed by atoms with Crippen molar-refractivity contribution in [2.75, 3.05) is 5.73 Å². The summed E-state index contributed by atoms with van der Waals surface area (Å²) >= 11 is 12.0. The minimum absolute atomic E-state index is 0.0272. The number of halogens is 3. The first-order chi connectivity index (χ1) is 11.5. The Kier molecular flexibility index (Phi) is 4.39. The lowest BCUT2D eigenvalue weighted by molar-refractivity contribution is 0.631. The molecule has 0 radical (unpaired) electrons. The fraction of sp³-hybridized carbons (Fsp3) is 0. The summed E-state index contributed by atoms with van der Waals surface area (Å²) < 4.78 is 14.2. The molecule has 24 heavy (non-hydrogen) atoms. The first-order valence-corrected chi connectivity index (χ1v) is 7.68. The zero-order chi connectivity index (χ0) is 17.3. The van der Waals surface area contributed by atoms with Gasteiger partial charge in [0, 0.05) is 16.7 Å². The number of nitriles is 1. The van der Waals surface area contributed by atoms with Crippen LogP contribution in [0.3, 0.4) is 0 Å². The Hall–Kier alpha value is -2.61. The van der Waals surface area contributed by atoms with Gasteiger partial charge in [-0.2, -0.15) is 5.26 Å². The summed E-state index contributed by atoms with van der Waals surface area (Å²) in [6.45, 7) is 0. The highest BCUT2D eigenvalue weighted by molar-refractivity contribution is 6.42. The molecule has 1 aromatic heterocycles. The van der Waals surface area contributed by atoms with Crippen LogP contribution >= 0.6 is 23.2 Å². The molecular formula is C18H10Cl2FN3. The van der Waals surface area contributed by atoms with Crippen molar-refractivity contribution in [2.45, 2.75) is 0 Å². The minimum atomic E-state index is -0.445. The molecule has 0 aliphatic carbocycles. The summed E-state index contributed by atoms with van der Waals surface area (Å²) in [6.07, 6.45) is 0. The van der Waals surface area contributed by atoms with Gasteiger partial charge in [-0.1, -0.05) is 47.5 Å². The van der Waals surface area contributed by atoms with Gasteiger partial charge in [-0.3, -0.25) is 0 Å². The van der Waals surface area contributed by atoms with Gasteiger partial charge >= 0.3 is 0 Å². The third kappa shape index (κ3) is 2.92. The molecule has 0 spiro atoms. The van der Waals surface area contributed by atoms with Gasteiger partial charge in [-0.05, 0) is 24.3 Å².